The Bertz CT molecular complexity index is 1050. The van der Waals surface area contributed by atoms with Crippen LogP contribution < -0.4 is 5.32 Å². The molecule has 4 heteroatoms. The highest BCUT2D eigenvalue weighted by atomic mass is 32.1. The normalized spacial score (nSPS) is 11.0. The molecule has 0 atom stereocenters. The number of nitrogens with zero attached hydrogens (tertiary/aromatic N) is 1. The molecule has 3 aromatic carbocycles. The zero-order valence-corrected chi connectivity index (χ0v) is 14.1. The minimum absolute atomic E-state index is 0.121. The van der Waals surface area contributed by atoms with Crippen molar-refractivity contribution in [1.29, 1.82) is 0 Å². The highest BCUT2D eigenvalue weighted by Gasteiger charge is 2.13. The van der Waals surface area contributed by atoms with E-state index >= 15 is 0 Å². The molecule has 3 nitrogen and oxygen atoms in total. The Balaban J connectivity index is 1.71. The van der Waals surface area contributed by atoms with Crippen molar-refractivity contribution in [3.63, 3.8) is 0 Å². The molecule has 4 rings (SSSR count). The van der Waals surface area contributed by atoms with Crippen LogP contribution in [0.2, 0.25) is 0 Å². The highest BCUT2D eigenvalue weighted by molar-refractivity contribution is 7.22. The summed E-state index contributed by atoms with van der Waals surface area (Å²) in [5.41, 5.74) is 2.86. The summed E-state index contributed by atoms with van der Waals surface area (Å²) in [6.07, 6.45) is 0.928. The predicted molar refractivity (Wildman–Crippen MR) is 101 cm³/mol. The second-order valence-corrected chi connectivity index (χ2v) is 6.65. The Labute approximate surface area is 144 Å². The molecular formula is C20H16N2OS. The molecule has 118 valence electrons. The van der Waals surface area contributed by atoms with Crippen LogP contribution in [0.25, 0.3) is 21.0 Å². The van der Waals surface area contributed by atoms with Crippen LogP contribution >= 0.6 is 11.3 Å². The van der Waals surface area contributed by atoms with E-state index in [0.717, 1.165) is 27.4 Å². The number of benzene rings is 3. The Hall–Kier alpha value is -2.72. The fraction of sp³-hybridized carbons (Fsp3) is 0.100. The number of aromatic nitrogens is 1. The standard InChI is InChI=1S/C20H16N2OS/c1-2-13-8-6-12-17-18(13)21-20(24-17)22-19(23)16-11-5-9-14-7-3-4-10-15(14)16/h3-12H,2H2,1H3,(H,21,22,23). The molecule has 0 radical (unpaired) electrons. The van der Waals surface area contributed by atoms with Crippen LogP contribution in [-0.4, -0.2) is 10.9 Å². The number of carbonyl (C=O) groups is 1. The maximum atomic E-state index is 12.7. The van der Waals surface area contributed by atoms with Crippen LogP contribution in [0.15, 0.2) is 60.7 Å². The van der Waals surface area contributed by atoms with Gasteiger partial charge in [-0.15, -0.1) is 0 Å². The van der Waals surface area contributed by atoms with Crippen molar-refractivity contribution < 1.29 is 4.79 Å². The highest BCUT2D eigenvalue weighted by Crippen LogP contribution is 2.29. The van der Waals surface area contributed by atoms with Crippen LogP contribution in [0.5, 0.6) is 0 Å². The fourth-order valence-corrected chi connectivity index (χ4v) is 3.84. The first-order valence-electron chi connectivity index (χ1n) is 7.94. The van der Waals surface area contributed by atoms with Crippen LogP contribution in [-0.2, 0) is 6.42 Å². The second kappa shape index (κ2) is 6.06. The van der Waals surface area contributed by atoms with E-state index < -0.39 is 0 Å². The molecule has 1 aromatic heterocycles. The average molecular weight is 332 g/mol. The van der Waals surface area contributed by atoms with E-state index in [4.69, 9.17) is 0 Å². The Morgan fingerprint density at radius 3 is 2.71 bits per heavy atom. The first-order chi connectivity index (χ1) is 11.8. The zero-order valence-electron chi connectivity index (χ0n) is 13.2. The molecule has 0 unspecified atom stereocenters. The maximum Gasteiger partial charge on any atom is 0.258 e. The number of para-hydroxylation sites is 1. The third-order valence-corrected chi connectivity index (χ3v) is 5.07. The van der Waals surface area contributed by atoms with Gasteiger partial charge in [-0.1, -0.05) is 66.8 Å². The monoisotopic (exact) mass is 332 g/mol. The van der Waals surface area contributed by atoms with Gasteiger partial charge in [0.25, 0.3) is 5.91 Å². The number of anilines is 1. The van der Waals surface area contributed by atoms with Crippen molar-refractivity contribution in [3.8, 4) is 0 Å². The summed E-state index contributed by atoms with van der Waals surface area (Å²) < 4.78 is 1.10. The molecule has 1 heterocycles. The van der Waals surface area contributed by atoms with Crippen molar-refractivity contribution in [3.05, 3.63) is 71.8 Å². The number of hydrogen-bond donors (Lipinski definition) is 1. The van der Waals surface area contributed by atoms with Gasteiger partial charge in [0.2, 0.25) is 0 Å². The smallest absolute Gasteiger partial charge is 0.258 e. The van der Waals surface area contributed by atoms with Crippen LogP contribution in [0.1, 0.15) is 22.8 Å². The minimum atomic E-state index is -0.121. The van der Waals surface area contributed by atoms with Gasteiger partial charge in [0, 0.05) is 5.56 Å². The lowest BCUT2D eigenvalue weighted by atomic mass is 10.0. The summed E-state index contributed by atoms with van der Waals surface area (Å²) in [6.45, 7) is 2.11. The van der Waals surface area contributed by atoms with Crippen molar-refractivity contribution in [2.45, 2.75) is 13.3 Å². The number of hydrogen-bond acceptors (Lipinski definition) is 3. The van der Waals surface area contributed by atoms with Crippen molar-refractivity contribution in [2.75, 3.05) is 5.32 Å². The summed E-state index contributed by atoms with van der Waals surface area (Å²) >= 11 is 1.51. The minimum Gasteiger partial charge on any atom is -0.298 e. The summed E-state index contributed by atoms with van der Waals surface area (Å²) in [5, 5.41) is 5.61. The molecule has 0 bridgehead atoms. The van der Waals surface area contributed by atoms with E-state index in [9.17, 15) is 4.79 Å². The number of rotatable bonds is 3. The molecule has 0 saturated heterocycles. The molecule has 1 amide bonds. The Morgan fingerprint density at radius 1 is 1.04 bits per heavy atom. The van der Waals surface area contributed by atoms with E-state index in [1.54, 1.807) is 0 Å². The van der Waals surface area contributed by atoms with E-state index in [0.29, 0.717) is 10.7 Å². The van der Waals surface area contributed by atoms with E-state index in [1.165, 1.54) is 16.9 Å². The van der Waals surface area contributed by atoms with Crippen molar-refractivity contribution >= 4 is 43.4 Å². The fourth-order valence-electron chi connectivity index (χ4n) is 2.93. The molecule has 0 fully saturated rings. The Kier molecular flexibility index (Phi) is 3.75. The number of nitrogens with one attached hydrogen (secondary N) is 1. The molecule has 0 saturated carbocycles. The first kappa shape index (κ1) is 14.8. The van der Waals surface area contributed by atoms with Crippen LogP contribution in [0.3, 0.4) is 0 Å². The summed E-state index contributed by atoms with van der Waals surface area (Å²) in [4.78, 5) is 17.3. The molecule has 0 aliphatic heterocycles. The van der Waals surface area contributed by atoms with Gasteiger partial charge < -0.3 is 0 Å². The summed E-state index contributed by atoms with van der Waals surface area (Å²) in [5.74, 6) is -0.121. The molecule has 24 heavy (non-hydrogen) atoms. The van der Waals surface area contributed by atoms with Gasteiger partial charge >= 0.3 is 0 Å². The molecule has 0 aliphatic rings. The van der Waals surface area contributed by atoms with Crippen molar-refractivity contribution in [1.82, 2.24) is 4.98 Å². The lowest BCUT2D eigenvalue weighted by Crippen LogP contribution is -2.12. The first-order valence-corrected chi connectivity index (χ1v) is 8.75. The predicted octanol–water partition coefficient (Wildman–Crippen LogP) is 5.26. The third kappa shape index (κ3) is 2.55. The second-order valence-electron chi connectivity index (χ2n) is 5.62. The van der Waals surface area contributed by atoms with E-state index in [2.05, 4.69) is 23.3 Å². The lowest BCUT2D eigenvalue weighted by Gasteiger charge is -2.05. The van der Waals surface area contributed by atoms with Gasteiger partial charge in [0.15, 0.2) is 5.13 Å². The SMILES string of the molecule is CCc1cccc2sc(NC(=O)c3cccc4ccccc34)nc12. The topological polar surface area (TPSA) is 42.0 Å². The molecular weight excluding hydrogens is 316 g/mol. The van der Waals surface area contributed by atoms with Gasteiger partial charge in [-0.05, 0) is 34.9 Å². The largest absolute Gasteiger partial charge is 0.298 e. The van der Waals surface area contributed by atoms with E-state index in [-0.39, 0.29) is 5.91 Å². The number of thiazole rings is 1. The van der Waals surface area contributed by atoms with Gasteiger partial charge in [-0.25, -0.2) is 4.98 Å². The number of carbonyl (C=O) groups excluding carboxylic acids is 1. The molecule has 0 spiro atoms. The molecule has 4 aromatic rings. The average Bonchev–Trinajstić information content (AvgIpc) is 3.03. The Morgan fingerprint density at radius 2 is 1.83 bits per heavy atom. The van der Waals surface area contributed by atoms with Gasteiger partial charge in [0.05, 0.1) is 10.2 Å². The summed E-state index contributed by atoms with van der Waals surface area (Å²) in [6, 6.07) is 19.8. The maximum absolute atomic E-state index is 12.7. The van der Waals surface area contributed by atoms with Crippen LogP contribution in [0, 0.1) is 0 Å². The third-order valence-electron chi connectivity index (χ3n) is 4.14. The lowest BCUT2D eigenvalue weighted by molar-refractivity contribution is 0.102. The number of aryl methyl sites for hydroxylation is 1. The number of fused-ring (bicyclic) bond motifs is 2. The quantitative estimate of drug-likeness (QED) is 0.556. The van der Waals surface area contributed by atoms with Gasteiger partial charge in [-0.2, -0.15) is 0 Å². The van der Waals surface area contributed by atoms with Crippen molar-refractivity contribution in [2.24, 2.45) is 0 Å². The van der Waals surface area contributed by atoms with Gasteiger partial charge in [-0.3, -0.25) is 10.1 Å². The molecule has 0 aliphatic carbocycles. The van der Waals surface area contributed by atoms with Gasteiger partial charge in [0.1, 0.15) is 0 Å². The zero-order chi connectivity index (χ0) is 16.5. The van der Waals surface area contributed by atoms with Crippen LogP contribution in [0.4, 0.5) is 5.13 Å². The van der Waals surface area contributed by atoms with E-state index in [1.807, 2.05) is 54.6 Å². The summed E-state index contributed by atoms with van der Waals surface area (Å²) in [7, 11) is 0. The molecule has 1 N–H and O–H groups in total. The number of amides is 1.